The number of aromatic amines is 1. The van der Waals surface area contributed by atoms with Crippen LogP contribution in [0.25, 0.3) is 10.9 Å². The van der Waals surface area contributed by atoms with E-state index in [1.54, 1.807) is 0 Å². The van der Waals surface area contributed by atoms with E-state index in [1.807, 2.05) is 0 Å². The van der Waals surface area contributed by atoms with E-state index in [0.29, 0.717) is 0 Å². The second kappa shape index (κ2) is 2.73. The molecule has 74 valence electrons. The first-order valence-corrected chi connectivity index (χ1v) is 3.82. The van der Waals surface area contributed by atoms with E-state index in [2.05, 4.69) is 4.98 Å². The SMILES string of the molecule is Fc1ccc2c(C(F)(F)F)c[nH]c2c1. The fourth-order valence-corrected chi connectivity index (χ4v) is 1.33. The van der Waals surface area contributed by atoms with Gasteiger partial charge in [0.25, 0.3) is 0 Å². The quantitative estimate of drug-likeness (QED) is 0.632. The number of fused-ring (bicyclic) bond motifs is 1. The molecular formula is C9H5F4N. The molecule has 1 aromatic carbocycles. The van der Waals surface area contributed by atoms with Gasteiger partial charge in [-0.1, -0.05) is 0 Å². The number of aromatic nitrogens is 1. The molecule has 0 saturated carbocycles. The highest BCUT2D eigenvalue weighted by Gasteiger charge is 2.33. The summed E-state index contributed by atoms with van der Waals surface area (Å²) >= 11 is 0. The normalized spacial score (nSPS) is 12.3. The largest absolute Gasteiger partial charge is 0.418 e. The van der Waals surface area contributed by atoms with E-state index < -0.39 is 17.6 Å². The van der Waals surface area contributed by atoms with E-state index in [0.717, 1.165) is 24.4 Å². The Bertz CT molecular complexity index is 469. The van der Waals surface area contributed by atoms with Gasteiger partial charge in [-0.25, -0.2) is 4.39 Å². The Labute approximate surface area is 76.3 Å². The zero-order valence-corrected chi connectivity index (χ0v) is 6.82. The summed E-state index contributed by atoms with van der Waals surface area (Å²) in [6.45, 7) is 0. The molecule has 0 atom stereocenters. The lowest BCUT2D eigenvalue weighted by Gasteiger charge is -2.03. The zero-order valence-electron chi connectivity index (χ0n) is 6.82. The lowest BCUT2D eigenvalue weighted by atomic mass is 10.2. The fraction of sp³-hybridized carbons (Fsp3) is 0.111. The zero-order chi connectivity index (χ0) is 10.3. The summed E-state index contributed by atoms with van der Waals surface area (Å²) in [6, 6.07) is 3.15. The number of hydrogen-bond acceptors (Lipinski definition) is 0. The van der Waals surface area contributed by atoms with Gasteiger partial charge >= 0.3 is 6.18 Å². The Morgan fingerprint density at radius 1 is 1.14 bits per heavy atom. The van der Waals surface area contributed by atoms with Gasteiger partial charge in [-0.2, -0.15) is 13.2 Å². The van der Waals surface area contributed by atoms with Crippen LogP contribution in [-0.2, 0) is 6.18 Å². The maximum atomic E-state index is 12.6. The Balaban J connectivity index is 2.70. The van der Waals surface area contributed by atoms with E-state index in [-0.39, 0.29) is 10.9 Å². The summed E-state index contributed by atoms with van der Waals surface area (Å²) < 4.78 is 49.7. The standard InChI is InChI=1S/C9H5F4N/c10-5-1-2-6-7(9(11,12)13)4-14-8(6)3-5/h1-4,14H. The smallest absolute Gasteiger partial charge is 0.360 e. The minimum Gasteiger partial charge on any atom is -0.360 e. The van der Waals surface area contributed by atoms with Crippen LogP contribution in [-0.4, -0.2) is 4.98 Å². The van der Waals surface area contributed by atoms with E-state index in [9.17, 15) is 17.6 Å². The molecular weight excluding hydrogens is 198 g/mol. The first-order valence-electron chi connectivity index (χ1n) is 3.82. The fourth-order valence-electron chi connectivity index (χ4n) is 1.33. The lowest BCUT2D eigenvalue weighted by molar-refractivity contribution is -0.136. The number of hydrogen-bond donors (Lipinski definition) is 1. The molecule has 0 amide bonds. The average molecular weight is 203 g/mol. The van der Waals surface area contributed by atoms with Gasteiger partial charge in [-0.3, -0.25) is 0 Å². The third-order valence-corrected chi connectivity index (χ3v) is 1.95. The van der Waals surface area contributed by atoms with Crippen LogP contribution in [0.5, 0.6) is 0 Å². The number of rotatable bonds is 0. The maximum Gasteiger partial charge on any atom is 0.418 e. The average Bonchev–Trinajstić information content (AvgIpc) is 2.45. The van der Waals surface area contributed by atoms with Crippen LogP contribution >= 0.6 is 0 Å². The Kier molecular flexibility index (Phi) is 1.77. The molecule has 0 fully saturated rings. The molecule has 0 aliphatic rings. The van der Waals surface area contributed by atoms with Gasteiger partial charge in [0.2, 0.25) is 0 Å². The number of nitrogens with one attached hydrogen (secondary N) is 1. The highest BCUT2D eigenvalue weighted by atomic mass is 19.4. The minimum absolute atomic E-state index is 0.0149. The highest BCUT2D eigenvalue weighted by Crippen LogP contribution is 2.34. The highest BCUT2D eigenvalue weighted by molar-refractivity contribution is 5.83. The second-order valence-corrected chi connectivity index (χ2v) is 2.89. The molecule has 1 N–H and O–H groups in total. The molecule has 2 rings (SSSR count). The molecule has 0 radical (unpaired) electrons. The summed E-state index contributed by atoms with van der Waals surface area (Å²) in [5.41, 5.74) is -0.621. The number of benzene rings is 1. The molecule has 1 heterocycles. The topological polar surface area (TPSA) is 15.8 Å². The van der Waals surface area contributed by atoms with Crippen molar-refractivity contribution in [1.82, 2.24) is 4.98 Å². The summed E-state index contributed by atoms with van der Waals surface area (Å²) in [4.78, 5) is 2.38. The van der Waals surface area contributed by atoms with E-state index in [1.165, 1.54) is 0 Å². The summed E-state index contributed by atoms with van der Waals surface area (Å²) in [6.07, 6.45) is -3.57. The summed E-state index contributed by atoms with van der Waals surface area (Å²) in [7, 11) is 0. The van der Waals surface area contributed by atoms with Gasteiger partial charge in [0.15, 0.2) is 0 Å². The first kappa shape index (κ1) is 9.05. The summed E-state index contributed by atoms with van der Waals surface area (Å²) in [5.74, 6) is -0.562. The Morgan fingerprint density at radius 2 is 1.86 bits per heavy atom. The molecule has 5 heteroatoms. The van der Waals surface area contributed by atoms with Crippen LogP contribution in [0.4, 0.5) is 17.6 Å². The maximum absolute atomic E-state index is 12.6. The van der Waals surface area contributed by atoms with Crippen molar-refractivity contribution in [2.24, 2.45) is 0 Å². The summed E-state index contributed by atoms with van der Waals surface area (Å²) in [5, 5.41) is -0.0149. The number of alkyl halides is 3. The molecule has 2 aromatic rings. The van der Waals surface area contributed by atoms with Crippen LogP contribution in [0.15, 0.2) is 24.4 Å². The monoisotopic (exact) mass is 203 g/mol. The molecule has 0 bridgehead atoms. The second-order valence-electron chi connectivity index (χ2n) is 2.89. The number of H-pyrrole nitrogens is 1. The van der Waals surface area contributed by atoms with Gasteiger partial charge in [0, 0.05) is 17.1 Å². The van der Waals surface area contributed by atoms with Gasteiger partial charge in [0.1, 0.15) is 5.82 Å². The van der Waals surface area contributed by atoms with E-state index >= 15 is 0 Å². The predicted molar refractivity (Wildman–Crippen MR) is 43.3 cm³/mol. The molecule has 0 aliphatic carbocycles. The van der Waals surface area contributed by atoms with Crippen molar-refractivity contribution >= 4 is 10.9 Å². The van der Waals surface area contributed by atoms with Gasteiger partial charge in [-0.05, 0) is 18.2 Å². The van der Waals surface area contributed by atoms with Gasteiger partial charge < -0.3 is 4.98 Å². The lowest BCUT2D eigenvalue weighted by Crippen LogP contribution is -2.03. The number of halogens is 4. The molecule has 0 spiro atoms. The van der Waals surface area contributed by atoms with Crippen molar-refractivity contribution in [3.8, 4) is 0 Å². The van der Waals surface area contributed by atoms with Crippen LogP contribution in [0.2, 0.25) is 0 Å². The van der Waals surface area contributed by atoms with Crippen molar-refractivity contribution in [2.75, 3.05) is 0 Å². The van der Waals surface area contributed by atoms with Gasteiger partial charge in [0.05, 0.1) is 5.56 Å². The molecule has 1 aromatic heterocycles. The van der Waals surface area contributed by atoms with Crippen molar-refractivity contribution < 1.29 is 17.6 Å². The molecule has 14 heavy (non-hydrogen) atoms. The van der Waals surface area contributed by atoms with Crippen LogP contribution in [0.3, 0.4) is 0 Å². The van der Waals surface area contributed by atoms with Gasteiger partial charge in [-0.15, -0.1) is 0 Å². The Morgan fingerprint density at radius 3 is 2.50 bits per heavy atom. The molecule has 1 nitrogen and oxygen atoms in total. The molecule has 0 aliphatic heterocycles. The van der Waals surface area contributed by atoms with Crippen LogP contribution in [0.1, 0.15) is 5.56 Å². The molecule has 0 unspecified atom stereocenters. The predicted octanol–water partition coefficient (Wildman–Crippen LogP) is 3.33. The van der Waals surface area contributed by atoms with E-state index in [4.69, 9.17) is 0 Å². The van der Waals surface area contributed by atoms with Crippen molar-refractivity contribution in [1.29, 1.82) is 0 Å². The first-order chi connectivity index (χ1) is 6.48. The third-order valence-electron chi connectivity index (χ3n) is 1.95. The third kappa shape index (κ3) is 1.34. The molecule has 0 saturated heterocycles. The van der Waals surface area contributed by atoms with Crippen molar-refractivity contribution in [3.63, 3.8) is 0 Å². The Hall–Kier alpha value is -1.52. The van der Waals surface area contributed by atoms with Crippen LogP contribution < -0.4 is 0 Å². The minimum atomic E-state index is -4.41. The van der Waals surface area contributed by atoms with Crippen molar-refractivity contribution in [2.45, 2.75) is 6.18 Å². The van der Waals surface area contributed by atoms with Crippen LogP contribution in [0, 0.1) is 5.82 Å². The van der Waals surface area contributed by atoms with Crippen molar-refractivity contribution in [3.05, 3.63) is 35.8 Å².